The molecule has 0 unspecified atom stereocenters. The van der Waals surface area contributed by atoms with E-state index in [4.69, 9.17) is 39.3 Å². The van der Waals surface area contributed by atoms with Crippen molar-refractivity contribution in [2.24, 2.45) is 10.1 Å². The van der Waals surface area contributed by atoms with Crippen LogP contribution in [-0.2, 0) is 29.0 Å². The van der Waals surface area contributed by atoms with Gasteiger partial charge in [-0.25, -0.2) is 10.4 Å². The monoisotopic (exact) mass is 618 g/mol. The number of aliphatic hydroxyl groups is 1. The Bertz CT molecular complexity index is 1520. The third-order valence-corrected chi connectivity index (χ3v) is 7.43. The third kappa shape index (κ3) is 7.76. The summed E-state index contributed by atoms with van der Waals surface area (Å²) in [6.45, 7) is 2.63. The molecule has 0 aromatic heterocycles. The molecule has 1 aliphatic rings. The number of azide groups is 1. The molecule has 13 nitrogen and oxygen atoms in total. The second-order valence-electron chi connectivity index (χ2n) is 10.2. The van der Waals surface area contributed by atoms with E-state index in [1.165, 1.54) is 21.3 Å². The standard InChI is InChI=1S/C32H38N6O7/c1-21-32(18-24-8-5-6-9-25(24)20-35-38-33,36-30(45-21)23-10-12-26(13-11-23)44-15-7-14-39)31(40)37-34-19-22-16-27(41-2)29(43-4)28(17-22)42-3/h5-6,8-13,16-17,21,34,39H,7,14-15,18-20H2,1-4H3,(H,37,40)/t21-,32-/m0/s1. The van der Waals surface area contributed by atoms with E-state index in [9.17, 15) is 4.79 Å². The fraction of sp³-hybridized carbons (Fsp3) is 0.375. The van der Waals surface area contributed by atoms with Gasteiger partial charge in [-0.1, -0.05) is 29.4 Å². The van der Waals surface area contributed by atoms with Gasteiger partial charge in [0.2, 0.25) is 11.6 Å². The van der Waals surface area contributed by atoms with Crippen LogP contribution in [0.15, 0.2) is 70.8 Å². The van der Waals surface area contributed by atoms with Crippen LogP contribution in [0.1, 0.15) is 35.6 Å². The Morgan fingerprint density at radius 3 is 2.38 bits per heavy atom. The Hall–Kier alpha value is -4.97. The maximum atomic E-state index is 14.1. The number of benzene rings is 3. The molecule has 0 saturated heterocycles. The van der Waals surface area contributed by atoms with Gasteiger partial charge in [0.05, 0.1) is 34.5 Å². The molecule has 0 spiro atoms. The number of hydrogen-bond donors (Lipinski definition) is 3. The Kier molecular flexibility index (Phi) is 11.5. The predicted octanol–water partition coefficient (Wildman–Crippen LogP) is 4.25. The number of hydrazine groups is 1. The summed E-state index contributed by atoms with van der Waals surface area (Å²) in [6.07, 6.45) is 0.0690. The van der Waals surface area contributed by atoms with E-state index in [2.05, 4.69) is 20.9 Å². The van der Waals surface area contributed by atoms with Crippen LogP contribution < -0.4 is 29.8 Å². The number of ether oxygens (including phenoxy) is 5. The van der Waals surface area contributed by atoms with Crippen LogP contribution in [0.25, 0.3) is 10.4 Å². The fourth-order valence-corrected chi connectivity index (χ4v) is 5.00. The second-order valence-corrected chi connectivity index (χ2v) is 10.2. The molecule has 0 saturated carbocycles. The zero-order chi connectivity index (χ0) is 32.2. The van der Waals surface area contributed by atoms with Crippen LogP contribution in [0.5, 0.6) is 23.0 Å². The van der Waals surface area contributed by atoms with Crippen LogP contribution in [-0.4, -0.2) is 63.1 Å². The summed E-state index contributed by atoms with van der Waals surface area (Å²) in [7, 11) is 4.60. The molecule has 1 aliphatic heterocycles. The van der Waals surface area contributed by atoms with Crippen molar-refractivity contribution in [3.63, 3.8) is 0 Å². The van der Waals surface area contributed by atoms with E-state index in [-0.39, 0.29) is 26.1 Å². The fourth-order valence-electron chi connectivity index (χ4n) is 5.00. The molecule has 0 aliphatic carbocycles. The van der Waals surface area contributed by atoms with Crippen molar-refractivity contribution in [2.75, 3.05) is 34.5 Å². The molecule has 45 heavy (non-hydrogen) atoms. The highest BCUT2D eigenvalue weighted by atomic mass is 16.5. The third-order valence-electron chi connectivity index (χ3n) is 7.43. The first-order valence-corrected chi connectivity index (χ1v) is 14.4. The lowest BCUT2D eigenvalue weighted by Crippen LogP contribution is -2.55. The number of nitrogens with one attached hydrogen (secondary N) is 2. The maximum absolute atomic E-state index is 14.1. The molecule has 2 atom stereocenters. The first-order valence-electron chi connectivity index (χ1n) is 14.4. The molecule has 13 heteroatoms. The highest BCUT2D eigenvalue weighted by molar-refractivity contribution is 6.00. The number of rotatable bonds is 16. The first kappa shape index (κ1) is 32.9. The topological polar surface area (TPSA) is 169 Å². The Morgan fingerprint density at radius 2 is 1.76 bits per heavy atom. The number of hydrogen-bond acceptors (Lipinski definition) is 10. The van der Waals surface area contributed by atoms with Gasteiger partial charge < -0.3 is 28.8 Å². The number of amides is 1. The van der Waals surface area contributed by atoms with Gasteiger partial charge in [0, 0.05) is 36.5 Å². The quantitative estimate of drug-likeness (QED) is 0.0704. The SMILES string of the molecule is COc1cc(CNNC(=O)[C@@]2(Cc3ccccc3CN=[N+]=[N-])N=C(c3ccc(OCCCO)cc3)O[C@H]2C)cc(OC)c1OC. The normalized spacial score (nSPS) is 17.0. The highest BCUT2D eigenvalue weighted by Gasteiger charge is 2.50. The second kappa shape index (κ2) is 15.7. The van der Waals surface area contributed by atoms with Gasteiger partial charge in [0.15, 0.2) is 17.0 Å². The molecule has 1 amide bonds. The van der Waals surface area contributed by atoms with Gasteiger partial charge in [0.1, 0.15) is 11.9 Å². The molecule has 0 radical (unpaired) electrons. The van der Waals surface area contributed by atoms with Gasteiger partial charge in [-0.05, 0) is 65.5 Å². The molecule has 4 rings (SSSR count). The minimum atomic E-state index is -1.36. The van der Waals surface area contributed by atoms with Crippen molar-refractivity contribution >= 4 is 11.8 Å². The number of aliphatic hydroxyl groups excluding tert-OH is 1. The zero-order valence-corrected chi connectivity index (χ0v) is 25.8. The van der Waals surface area contributed by atoms with Gasteiger partial charge in [-0.3, -0.25) is 10.2 Å². The van der Waals surface area contributed by atoms with Gasteiger partial charge >= 0.3 is 0 Å². The van der Waals surface area contributed by atoms with E-state index < -0.39 is 17.6 Å². The summed E-state index contributed by atoms with van der Waals surface area (Å²) < 4.78 is 28.2. The number of nitrogens with zero attached hydrogens (tertiary/aromatic N) is 4. The molecule has 238 valence electrons. The number of carbonyl (C=O) groups excluding carboxylic acids is 1. The van der Waals surface area contributed by atoms with Crippen molar-refractivity contribution in [1.29, 1.82) is 0 Å². The van der Waals surface area contributed by atoms with Gasteiger partial charge in [-0.15, -0.1) is 0 Å². The summed E-state index contributed by atoms with van der Waals surface area (Å²) in [5.41, 5.74) is 16.4. The predicted molar refractivity (Wildman–Crippen MR) is 168 cm³/mol. The molecular formula is C32H38N6O7. The summed E-state index contributed by atoms with van der Waals surface area (Å²) in [4.78, 5) is 21.9. The lowest BCUT2D eigenvalue weighted by atomic mass is 9.84. The average molecular weight is 619 g/mol. The average Bonchev–Trinajstić information content (AvgIpc) is 3.40. The van der Waals surface area contributed by atoms with Crippen molar-refractivity contribution in [3.8, 4) is 23.0 Å². The zero-order valence-electron chi connectivity index (χ0n) is 25.8. The van der Waals surface area contributed by atoms with E-state index >= 15 is 0 Å². The summed E-state index contributed by atoms with van der Waals surface area (Å²) >= 11 is 0. The molecule has 0 bridgehead atoms. The van der Waals surface area contributed by atoms with Crippen molar-refractivity contribution < 1.29 is 33.6 Å². The minimum Gasteiger partial charge on any atom is -0.494 e. The number of aliphatic imine (C=N–C) groups is 1. The van der Waals surface area contributed by atoms with E-state index in [1.807, 2.05) is 36.4 Å². The van der Waals surface area contributed by atoms with Crippen molar-refractivity contribution in [3.05, 3.63) is 93.4 Å². The lowest BCUT2D eigenvalue weighted by molar-refractivity contribution is -0.129. The Labute approximate surface area is 261 Å². The van der Waals surface area contributed by atoms with Crippen molar-refractivity contribution in [2.45, 2.75) is 44.5 Å². The Balaban J connectivity index is 1.62. The molecule has 3 aromatic rings. The summed E-state index contributed by atoms with van der Waals surface area (Å²) in [5.74, 6) is 2.01. The van der Waals surface area contributed by atoms with Crippen LogP contribution in [0.4, 0.5) is 0 Å². The van der Waals surface area contributed by atoms with Crippen molar-refractivity contribution in [1.82, 2.24) is 10.9 Å². The lowest BCUT2D eigenvalue weighted by Gasteiger charge is -2.29. The van der Waals surface area contributed by atoms with Crippen LogP contribution >= 0.6 is 0 Å². The molecule has 1 heterocycles. The maximum Gasteiger partial charge on any atom is 0.266 e. The van der Waals surface area contributed by atoms with E-state index in [0.29, 0.717) is 47.5 Å². The molecule has 3 aromatic carbocycles. The van der Waals surface area contributed by atoms with Crippen LogP contribution in [0.2, 0.25) is 0 Å². The Morgan fingerprint density at radius 1 is 1.07 bits per heavy atom. The van der Waals surface area contributed by atoms with Crippen LogP contribution in [0.3, 0.4) is 0 Å². The first-order chi connectivity index (χ1) is 21.9. The molecule has 0 fully saturated rings. The minimum absolute atomic E-state index is 0.0497. The van der Waals surface area contributed by atoms with Gasteiger partial charge in [0.25, 0.3) is 5.91 Å². The highest BCUT2D eigenvalue weighted by Crippen LogP contribution is 2.38. The molecular weight excluding hydrogens is 580 g/mol. The smallest absolute Gasteiger partial charge is 0.266 e. The number of carbonyl (C=O) groups is 1. The largest absolute Gasteiger partial charge is 0.494 e. The van der Waals surface area contributed by atoms with E-state index in [0.717, 1.165) is 16.7 Å². The van der Waals surface area contributed by atoms with Gasteiger partial charge in [-0.2, -0.15) is 0 Å². The summed E-state index contributed by atoms with van der Waals surface area (Å²) in [6, 6.07) is 18.2. The number of methoxy groups -OCH3 is 3. The summed E-state index contributed by atoms with van der Waals surface area (Å²) in [5, 5.41) is 12.7. The van der Waals surface area contributed by atoms with Crippen LogP contribution in [0, 0.1) is 0 Å². The van der Waals surface area contributed by atoms with E-state index in [1.54, 1.807) is 31.2 Å². The molecule has 3 N–H and O–H groups in total.